The van der Waals surface area contributed by atoms with E-state index in [4.69, 9.17) is 5.11 Å². The van der Waals surface area contributed by atoms with Gasteiger partial charge in [-0.15, -0.1) is 0 Å². The van der Waals surface area contributed by atoms with Crippen LogP contribution in [0.1, 0.15) is 5.82 Å². The van der Waals surface area contributed by atoms with Crippen LogP contribution >= 0.6 is 0 Å². The van der Waals surface area contributed by atoms with E-state index in [1.807, 2.05) is 18.3 Å². The van der Waals surface area contributed by atoms with Crippen LogP contribution in [0, 0.1) is 0 Å². The van der Waals surface area contributed by atoms with E-state index < -0.39 is 0 Å². The first-order chi connectivity index (χ1) is 6.40. The van der Waals surface area contributed by atoms with Gasteiger partial charge in [0.05, 0.1) is 24.2 Å². The van der Waals surface area contributed by atoms with Crippen LogP contribution in [0.3, 0.4) is 0 Å². The molecule has 2 rings (SSSR count). The van der Waals surface area contributed by atoms with Gasteiger partial charge < -0.3 is 15.1 Å². The fourth-order valence-electron chi connectivity index (χ4n) is 1.23. The number of aromatic amines is 2. The fourth-order valence-corrected chi connectivity index (χ4v) is 1.23. The lowest BCUT2D eigenvalue weighted by molar-refractivity contribution is 0.297. The smallest absolute Gasteiger partial charge is 0.108 e. The molecule has 0 aliphatic rings. The van der Waals surface area contributed by atoms with Crippen LogP contribution in [-0.4, -0.2) is 26.7 Å². The molecule has 0 atom stereocenters. The molecule has 0 aromatic carbocycles. The second-order valence-electron chi connectivity index (χ2n) is 2.80. The maximum atomic E-state index is 8.69. The maximum absolute atomic E-state index is 8.69. The number of nitrogens with one attached hydrogen (secondary N) is 2. The molecule has 4 nitrogen and oxygen atoms in total. The van der Waals surface area contributed by atoms with Crippen LogP contribution in [0.2, 0.25) is 0 Å². The molecule has 68 valence electrons. The number of aliphatic hydroxyl groups excluding tert-OH is 1. The summed E-state index contributed by atoms with van der Waals surface area (Å²) in [6.45, 7) is 0.123. The maximum Gasteiger partial charge on any atom is 0.108 e. The average molecular weight is 177 g/mol. The summed E-state index contributed by atoms with van der Waals surface area (Å²) in [5, 5.41) is 8.69. The summed E-state index contributed by atoms with van der Waals surface area (Å²) < 4.78 is 0. The molecule has 0 aliphatic heterocycles. The first-order valence-corrected chi connectivity index (χ1v) is 4.18. The van der Waals surface area contributed by atoms with Crippen molar-refractivity contribution in [1.29, 1.82) is 0 Å². The van der Waals surface area contributed by atoms with E-state index in [1.54, 1.807) is 6.20 Å². The van der Waals surface area contributed by atoms with Gasteiger partial charge in [-0.05, 0) is 12.1 Å². The highest BCUT2D eigenvalue weighted by Crippen LogP contribution is 2.13. The Balaban J connectivity index is 2.23. The third-order valence-corrected chi connectivity index (χ3v) is 1.87. The summed E-state index contributed by atoms with van der Waals surface area (Å²) in [4.78, 5) is 10.3. The molecular formula is C9H11N3O. The number of rotatable bonds is 3. The van der Waals surface area contributed by atoms with Crippen LogP contribution in [0.4, 0.5) is 0 Å². The molecule has 2 aromatic rings. The monoisotopic (exact) mass is 177 g/mol. The summed E-state index contributed by atoms with van der Waals surface area (Å²) in [5.41, 5.74) is 1.96. The lowest BCUT2D eigenvalue weighted by atomic mass is 10.3. The summed E-state index contributed by atoms with van der Waals surface area (Å²) in [6, 6.07) is 3.90. The Hall–Kier alpha value is -1.55. The Morgan fingerprint density at radius 1 is 1.38 bits per heavy atom. The zero-order valence-electron chi connectivity index (χ0n) is 7.12. The third kappa shape index (κ3) is 1.62. The van der Waals surface area contributed by atoms with Crippen molar-refractivity contribution < 1.29 is 5.11 Å². The zero-order valence-corrected chi connectivity index (χ0v) is 7.12. The molecule has 0 saturated carbocycles. The number of H-pyrrole nitrogens is 2. The van der Waals surface area contributed by atoms with Gasteiger partial charge in [0.1, 0.15) is 5.82 Å². The lowest BCUT2D eigenvalue weighted by Gasteiger charge is -1.91. The van der Waals surface area contributed by atoms with E-state index in [0.29, 0.717) is 6.42 Å². The minimum atomic E-state index is 0.123. The van der Waals surface area contributed by atoms with Crippen molar-refractivity contribution in [3.8, 4) is 11.4 Å². The molecule has 3 N–H and O–H groups in total. The first-order valence-electron chi connectivity index (χ1n) is 4.18. The standard InChI is InChI=1S/C9H11N3O/c13-5-3-9-11-6-8(12-9)7-2-1-4-10-7/h1-2,4,6,10,13H,3,5H2,(H,11,12). The highest BCUT2D eigenvalue weighted by Gasteiger charge is 2.02. The van der Waals surface area contributed by atoms with Crippen molar-refractivity contribution >= 4 is 0 Å². The van der Waals surface area contributed by atoms with E-state index in [2.05, 4.69) is 15.0 Å². The van der Waals surface area contributed by atoms with Gasteiger partial charge in [-0.3, -0.25) is 0 Å². The van der Waals surface area contributed by atoms with Gasteiger partial charge in [-0.25, -0.2) is 4.98 Å². The molecule has 4 heteroatoms. The fraction of sp³-hybridized carbons (Fsp3) is 0.222. The Labute approximate surface area is 75.7 Å². The van der Waals surface area contributed by atoms with Crippen LogP contribution < -0.4 is 0 Å². The minimum absolute atomic E-state index is 0.123. The SMILES string of the molecule is OCCc1ncc(-c2ccc[nH]2)[nH]1. The summed E-state index contributed by atoms with van der Waals surface area (Å²) in [5.74, 6) is 0.812. The third-order valence-electron chi connectivity index (χ3n) is 1.87. The van der Waals surface area contributed by atoms with E-state index >= 15 is 0 Å². The number of nitrogens with zero attached hydrogens (tertiary/aromatic N) is 1. The number of hydrogen-bond donors (Lipinski definition) is 3. The molecule has 0 unspecified atom stereocenters. The lowest BCUT2D eigenvalue weighted by Crippen LogP contribution is -1.92. The quantitative estimate of drug-likeness (QED) is 0.653. The van der Waals surface area contributed by atoms with Crippen molar-refractivity contribution in [3.05, 3.63) is 30.4 Å². The molecule has 0 saturated heterocycles. The number of aromatic nitrogens is 3. The molecule has 0 amide bonds. The Bertz CT molecular complexity index is 364. The van der Waals surface area contributed by atoms with Crippen LogP contribution in [0.15, 0.2) is 24.5 Å². The minimum Gasteiger partial charge on any atom is -0.396 e. The van der Waals surface area contributed by atoms with Gasteiger partial charge in [0.15, 0.2) is 0 Å². The van der Waals surface area contributed by atoms with Crippen molar-refractivity contribution in [3.63, 3.8) is 0 Å². The predicted octanol–water partition coefficient (Wildman–Crippen LogP) is 0.940. The topological polar surface area (TPSA) is 64.7 Å². The summed E-state index contributed by atoms with van der Waals surface area (Å²) >= 11 is 0. The second kappa shape index (κ2) is 3.45. The molecule has 0 spiro atoms. The molecule has 0 aliphatic carbocycles. The van der Waals surface area contributed by atoms with Crippen molar-refractivity contribution in [2.45, 2.75) is 6.42 Å². The van der Waals surface area contributed by atoms with Gasteiger partial charge in [0, 0.05) is 12.6 Å². The van der Waals surface area contributed by atoms with Crippen molar-refractivity contribution in [1.82, 2.24) is 15.0 Å². The first kappa shape index (κ1) is 8.07. The predicted molar refractivity (Wildman–Crippen MR) is 49.2 cm³/mol. The number of imidazole rings is 1. The molecule has 13 heavy (non-hydrogen) atoms. The van der Waals surface area contributed by atoms with E-state index in [-0.39, 0.29) is 6.61 Å². The Morgan fingerprint density at radius 2 is 2.31 bits per heavy atom. The van der Waals surface area contributed by atoms with Gasteiger partial charge in [0.25, 0.3) is 0 Å². The van der Waals surface area contributed by atoms with Crippen molar-refractivity contribution in [2.75, 3.05) is 6.61 Å². The van der Waals surface area contributed by atoms with E-state index in [0.717, 1.165) is 17.2 Å². The van der Waals surface area contributed by atoms with Gasteiger partial charge >= 0.3 is 0 Å². The summed E-state index contributed by atoms with van der Waals surface area (Å²) in [7, 11) is 0. The number of aliphatic hydroxyl groups is 1. The largest absolute Gasteiger partial charge is 0.396 e. The van der Waals surface area contributed by atoms with Crippen LogP contribution in [0.5, 0.6) is 0 Å². The molecular weight excluding hydrogens is 166 g/mol. The summed E-state index contributed by atoms with van der Waals surface area (Å²) in [6.07, 6.45) is 4.19. The van der Waals surface area contributed by atoms with Crippen LogP contribution in [0.25, 0.3) is 11.4 Å². The second-order valence-corrected chi connectivity index (χ2v) is 2.80. The highest BCUT2D eigenvalue weighted by molar-refractivity contribution is 5.53. The van der Waals surface area contributed by atoms with Gasteiger partial charge in [-0.1, -0.05) is 0 Å². The van der Waals surface area contributed by atoms with Crippen LogP contribution in [-0.2, 0) is 6.42 Å². The van der Waals surface area contributed by atoms with E-state index in [9.17, 15) is 0 Å². The average Bonchev–Trinajstić information content (AvgIpc) is 2.70. The Morgan fingerprint density at radius 3 is 3.00 bits per heavy atom. The zero-order chi connectivity index (χ0) is 9.10. The van der Waals surface area contributed by atoms with Gasteiger partial charge in [0.2, 0.25) is 0 Å². The van der Waals surface area contributed by atoms with Crippen molar-refractivity contribution in [2.24, 2.45) is 0 Å². The highest BCUT2D eigenvalue weighted by atomic mass is 16.3. The van der Waals surface area contributed by atoms with E-state index in [1.165, 1.54) is 0 Å². The molecule has 0 fully saturated rings. The normalized spacial score (nSPS) is 10.5. The molecule has 2 aromatic heterocycles. The molecule has 0 bridgehead atoms. The number of hydrogen-bond acceptors (Lipinski definition) is 2. The Kier molecular flexibility index (Phi) is 2.14. The van der Waals surface area contributed by atoms with Gasteiger partial charge in [-0.2, -0.15) is 0 Å². The molecule has 2 heterocycles. The molecule has 0 radical (unpaired) electrons.